The number of hydrogen-bond acceptors (Lipinski definition) is 9. The van der Waals surface area contributed by atoms with Gasteiger partial charge in [-0.2, -0.15) is 5.10 Å². The first-order valence-corrected chi connectivity index (χ1v) is 14.7. The number of carbonyl (C=O) groups is 1. The second kappa shape index (κ2) is 13.9. The van der Waals surface area contributed by atoms with E-state index in [4.69, 9.17) is 0 Å². The number of aromatic amines is 1. The van der Waals surface area contributed by atoms with Gasteiger partial charge in [0.1, 0.15) is 35.8 Å². The summed E-state index contributed by atoms with van der Waals surface area (Å²) in [6.07, 6.45) is -0.835. The molecule has 0 saturated carbocycles. The van der Waals surface area contributed by atoms with E-state index in [1.54, 1.807) is 29.2 Å². The van der Waals surface area contributed by atoms with Gasteiger partial charge in [0.15, 0.2) is 0 Å². The number of aliphatic hydroxyl groups excluding tert-OH is 5. The highest BCUT2D eigenvalue weighted by Crippen LogP contribution is 2.46. The maximum atomic E-state index is 13.6. The van der Waals surface area contributed by atoms with E-state index < -0.39 is 54.9 Å². The monoisotopic (exact) mass is 620 g/mol. The van der Waals surface area contributed by atoms with Crippen molar-refractivity contribution < 1.29 is 39.8 Å². The maximum Gasteiger partial charge on any atom is 0.233 e. The lowest BCUT2D eigenvalue weighted by molar-refractivity contribution is -0.166. The number of β-lactam (4-membered cyclic amide) rings is 1. The maximum absolute atomic E-state index is 13.6. The van der Waals surface area contributed by atoms with Gasteiger partial charge in [-0.05, 0) is 65.8 Å². The fourth-order valence-corrected chi connectivity index (χ4v) is 5.73. The summed E-state index contributed by atoms with van der Waals surface area (Å²) in [4.78, 5) is 19.4. The number of benzene rings is 3. The van der Waals surface area contributed by atoms with Gasteiger partial charge in [-0.1, -0.05) is 48.5 Å². The van der Waals surface area contributed by atoms with Crippen LogP contribution in [-0.4, -0.2) is 76.6 Å². The number of aromatic nitrogens is 3. The molecule has 0 spiro atoms. The van der Waals surface area contributed by atoms with Gasteiger partial charge in [0, 0.05) is 12.1 Å². The predicted molar refractivity (Wildman–Crippen MR) is 161 cm³/mol. The summed E-state index contributed by atoms with van der Waals surface area (Å²) >= 11 is 0. The van der Waals surface area contributed by atoms with Crippen molar-refractivity contribution in [2.45, 2.75) is 55.6 Å². The fourth-order valence-electron chi connectivity index (χ4n) is 5.73. The van der Waals surface area contributed by atoms with E-state index in [2.05, 4.69) is 15.2 Å². The van der Waals surface area contributed by atoms with E-state index in [-0.39, 0.29) is 17.9 Å². The molecule has 4 aromatic rings. The van der Waals surface area contributed by atoms with Crippen LogP contribution in [0.2, 0.25) is 0 Å². The van der Waals surface area contributed by atoms with Gasteiger partial charge in [0.2, 0.25) is 5.91 Å². The van der Waals surface area contributed by atoms with Gasteiger partial charge < -0.3 is 35.5 Å². The number of halogens is 1. The lowest BCUT2D eigenvalue weighted by atomic mass is 9.77. The van der Waals surface area contributed by atoms with Crippen LogP contribution in [0.5, 0.6) is 0 Å². The molecule has 0 aliphatic carbocycles. The molecule has 1 aliphatic rings. The molecule has 2 heterocycles. The number of rotatable bonds is 14. The average molecular weight is 621 g/mol. The molecule has 7 N–H and O–H groups in total. The van der Waals surface area contributed by atoms with Crippen molar-refractivity contribution in [3.63, 3.8) is 0 Å². The number of aryl methyl sites for hydroxylation is 2. The number of nitrogens with zero attached hydrogens (tertiary/aromatic N) is 3. The van der Waals surface area contributed by atoms with Gasteiger partial charge in [0.25, 0.3) is 0 Å². The third-order valence-corrected chi connectivity index (χ3v) is 8.57. The highest BCUT2D eigenvalue weighted by molar-refractivity contribution is 6.03. The largest absolute Gasteiger partial charge is 0.393 e. The smallest absolute Gasteiger partial charge is 0.233 e. The van der Waals surface area contributed by atoms with Gasteiger partial charge in [-0.15, -0.1) is 0 Å². The molecular formula is C33H37FN4O7. The van der Waals surface area contributed by atoms with Crippen LogP contribution in [0.15, 0.2) is 79.1 Å². The van der Waals surface area contributed by atoms with Crippen LogP contribution in [0, 0.1) is 11.7 Å². The van der Waals surface area contributed by atoms with E-state index in [9.17, 15) is 39.8 Å². The average Bonchev–Trinajstić information content (AvgIpc) is 3.60. The van der Waals surface area contributed by atoms with Crippen LogP contribution < -0.4 is 4.90 Å². The molecule has 5 rings (SSSR count). The molecule has 1 amide bonds. The number of nitrogens with one attached hydrogen (secondary N) is 1. The van der Waals surface area contributed by atoms with Crippen LogP contribution in [0.4, 0.5) is 10.1 Å². The van der Waals surface area contributed by atoms with Crippen LogP contribution in [0.3, 0.4) is 0 Å². The summed E-state index contributed by atoms with van der Waals surface area (Å²) in [7, 11) is 0. The summed E-state index contributed by atoms with van der Waals surface area (Å²) in [6.45, 7) is -1.91. The standard InChI is InChI=1S/C33H37FN4O7/c34-24-10-8-21(9-11-24)27(41)15-14-26-29(22-4-6-23(7-5-22)30(42)31(43)33(45,17-39)18-40)38(32(26)44)25-12-1-20(2-13-25)3-16-28-35-19-36-37-28/h1-2,4-13,19,26-27,29-31,39-43,45H,3,14-18H2,(H,35,36,37)/t26-,27+,29-,30?,31?/m1/s1. The topological polar surface area (TPSA) is 183 Å². The summed E-state index contributed by atoms with van der Waals surface area (Å²) < 4.78 is 13.4. The zero-order valence-corrected chi connectivity index (χ0v) is 24.4. The lowest BCUT2D eigenvalue weighted by Crippen LogP contribution is -2.55. The number of amides is 1. The van der Waals surface area contributed by atoms with Crippen LogP contribution in [0.25, 0.3) is 0 Å². The minimum Gasteiger partial charge on any atom is -0.393 e. The lowest BCUT2D eigenvalue weighted by Gasteiger charge is -2.48. The minimum absolute atomic E-state index is 0.115. The Bertz CT molecular complexity index is 1530. The molecule has 1 aliphatic heterocycles. The Morgan fingerprint density at radius 1 is 0.889 bits per heavy atom. The van der Waals surface area contributed by atoms with Gasteiger partial charge >= 0.3 is 0 Å². The third kappa shape index (κ3) is 6.96. The summed E-state index contributed by atoms with van der Waals surface area (Å²) in [5, 5.41) is 67.6. The first-order valence-electron chi connectivity index (χ1n) is 14.7. The molecule has 0 bridgehead atoms. The molecule has 2 unspecified atom stereocenters. The van der Waals surface area contributed by atoms with E-state index >= 15 is 0 Å². The Hall–Kier alpha value is -4.04. The summed E-state index contributed by atoms with van der Waals surface area (Å²) in [5.74, 6) is -0.211. The molecular weight excluding hydrogens is 583 g/mol. The van der Waals surface area contributed by atoms with Crippen molar-refractivity contribution in [2.24, 2.45) is 5.92 Å². The van der Waals surface area contributed by atoms with Crippen molar-refractivity contribution in [3.05, 3.63) is 113 Å². The third-order valence-electron chi connectivity index (χ3n) is 8.57. The zero-order valence-electron chi connectivity index (χ0n) is 24.4. The molecule has 1 aromatic heterocycles. The second-order valence-electron chi connectivity index (χ2n) is 11.5. The molecule has 238 valence electrons. The van der Waals surface area contributed by atoms with E-state index in [0.29, 0.717) is 24.1 Å². The van der Waals surface area contributed by atoms with Gasteiger partial charge in [-0.25, -0.2) is 9.37 Å². The van der Waals surface area contributed by atoms with E-state index in [1.807, 2.05) is 24.3 Å². The first-order chi connectivity index (χ1) is 21.6. The van der Waals surface area contributed by atoms with Crippen LogP contribution >= 0.6 is 0 Å². The molecule has 11 nitrogen and oxygen atoms in total. The van der Waals surface area contributed by atoms with Gasteiger partial charge in [0.05, 0.1) is 31.3 Å². The molecule has 5 atom stereocenters. The van der Waals surface area contributed by atoms with Crippen LogP contribution in [-0.2, 0) is 17.6 Å². The van der Waals surface area contributed by atoms with Crippen LogP contribution in [0.1, 0.15) is 59.2 Å². The summed E-state index contributed by atoms with van der Waals surface area (Å²) in [5.41, 5.74) is 0.992. The van der Waals surface area contributed by atoms with Crippen molar-refractivity contribution >= 4 is 11.6 Å². The molecule has 1 saturated heterocycles. The highest BCUT2D eigenvalue weighted by Gasteiger charge is 2.48. The molecule has 3 aromatic carbocycles. The molecule has 12 heteroatoms. The summed E-state index contributed by atoms with van der Waals surface area (Å²) in [6, 6.07) is 19.4. The quantitative estimate of drug-likeness (QED) is 0.104. The predicted octanol–water partition coefficient (Wildman–Crippen LogP) is 2.06. The molecule has 45 heavy (non-hydrogen) atoms. The number of aliphatic hydroxyl groups is 6. The van der Waals surface area contributed by atoms with E-state index in [0.717, 1.165) is 23.4 Å². The van der Waals surface area contributed by atoms with Crippen molar-refractivity contribution in [2.75, 3.05) is 18.1 Å². The van der Waals surface area contributed by atoms with Crippen molar-refractivity contribution in [3.8, 4) is 0 Å². The Morgan fingerprint density at radius 2 is 1.53 bits per heavy atom. The SMILES string of the molecule is O=C1[C@H](CC[C@H](O)c2ccc(F)cc2)[C@@H](c2ccc(C(O)C(O)C(O)(CO)CO)cc2)N1c1ccc(CCc2ncn[nH]2)cc1. The highest BCUT2D eigenvalue weighted by atomic mass is 19.1. The zero-order chi connectivity index (χ0) is 32.1. The number of hydrogen-bond donors (Lipinski definition) is 7. The Kier molecular flexibility index (Phi) is 10.0. The van der Waals surface area contributed by atoms with Crippen molar-refractivity contribution in [1.82, 2.24) is 15.2 Å². The van der Waals surface area contributed by atoms with E-state index in [1.165, 1.54) is 30.6 Å². The Morgan fingerprint density at radius 3 is 2.13 bits per heavy atom. The molecule has 0 radical (unpaired) electrons. The fraction of sp³-hybridized carbons (Fsp3) is 0.364. The number of carbonyl (C=O) groups excluding carboxylic acids is 1. The van der Waals surface area contributed by atoms with Gasteiger partial charge in [-0.3, -0.25) is 9.89 Å². The first kappa shape index (κ1) is 32.4. The molecule has 1 fully saturated rings. The minimum atomic E-state index is -2.30. The second-order valence-corrected chi connectivity index (χ2v) is 11.5. The Balaban J connectivity index is 1.36. The number of anilines is 1. The normalized spacial score (nSPS) is 18.8. The number of H-pyrrole nitrogens is 1. The Labute approximate surface area is 259 Å². The van der Waals surface area contributed by atoms with Crippen molar-refractivity contribution in [1.29, 1.82) is 0 Å².